The Morgan fingerprint density at radius 2 is 0.703 bits per heavy atom. The number of rotatable bonds is 20. The first-order chi connectivity index (χ1) is 31.6. The topological polar surface area (TPSA) is 6.48 Å². The molecule has 0 saturated heterocycles. The van der Waals surface area contributed by atoms with E-state index in [9.17, 15) is 0 Å². The molecule has 0 atom stereocenters. The standard InChI is InChI=1S/C60H58N2S2/c1-3-5-15-47-27-35-53(36-28-47)61(57-21-13-23-59(43-57)63-45-51-17-9-7-10-18-51)55-39-31-49(32-40-55)25-26-50-33-41-56(42-34-50)62(54-37-29-48(30-38-54)16-6-4-2)58-22-14-24-60(44-58)64-46-52-19-11-8-12-20-52/h7-14,17-44H,3-6,15-16,45-46H2,1-2H3/b26-25+. The minimum Gasteiger partial charge on any atom is -0.310 e. The number of benzene rings is 8. The van der Waals surface area contributed by atoms with E-state index < -0.39 is 0 Å². The van der Waals surface area contributed by atoms with Gasteiger partial charge in [-0.1, -0.05) is 160 Å². The van der Waals surface area contributed by atoms with Crippen molar-refractivity contribution in [3.05, 3.63) is 240 Å². The summed E-state index contributed by atoms with van der Waals surface area (Å²) in [5.74, 6) is 1.88. The molecule has 8 aromatic carbocycles. The lowest BCUT2D eigenvalue weighted by molar-refractivity contribution is 0.795. The molecule has 0 fully saturated rings. The highest BCUT2D eigenvalue weighted by Gasteiger charge is 2.15. The maximum atomic E-state index is 2.38. The third-order valence-corrected chi connectivity index (χ3v) is 13.6. The fourth-order valence-corrected chi connectivity index (χ4v) is 9.66. The molecule has 0 radical (unpaired) electrons. The molecular weight excluding hydrogens is 813 g/mol. The highest BCUT2D eigenvalue weighted by Crippen LogP contribution is 2.39. The Morgan fingerprint density at radius 1 is 0.344 bits per heavy atom. The maximum Gasteiger partial charge on any atom is 0.0472 e. The summed E-state index contributed by atoms with van der Waals surface area (Å²) in [5.41, 5.74) is 14.6. The lowest BCUT2D eigenvalue weighted by Gasteiger charge is -2.26. The van der Waals surface area contributed by atoms with E-state index >= 15 is 0 Å². The summed E-state index contributed by atoms with van der Waals surface area (Å²) in [6, 6.07) is 75.5. The fraction of sp³-hybridized carbons (Fsp3) is 0.167. The van der Waals surface area contributed by atoms with Gasteiger partial charge < -0.3 is 9.80 Å². The smallest absolute Gasteiger partial charge is 0.0472 e. The van der Waals surface area contributed by atoms with Crippen molar-refractivity contribution in [3.63, 3.8) is 0 Å². The van der Waals surface area contributed by atoms with Crippen LogP contribution in [0.15, 0.2) is 216 Å². The van der Waals surface area contributed by atoms with Crippen LogP contribution in [0.4, 0.5) is 34.1 Å². The van der Waals surface area contributed by atoms with Crippen LogP contribution < -0.4 is 9.80 Å². The van der Waals surface area contributed by atoms with Crippen molar-refractivity contribution in [3.8, 4) is 0 Å². The Labute approximate surface area is 390 Å². The second-order valence-corrected chi connectivity index (χ2v) is 18.4. The first-order valence-corrected chi connectivity index (χ1v) is 24.8. The van der Waals surface area contributed by atoms with E-state index in [4.69, 9.17) is 0 Å². The quantitative estimate of drug-likeness (QED) is 0.0556. The van der Waals surface area contributed by atoms with E-state index in [1.807, 2.05) is 23.5 Å². The van der Waals surface area contributed by atoms with E-state index in [0.29, 0.717) is 0 Å². The number of unbranched alkanes of at least 4 members (excludes halogenated alkanes) is 2. The van der Waals surface area contributed by atoms with Gasteiger partial charge >= 0.3 is 0 Å². The Morgan fingerprint density at radius 3 is 1.06 bits per heavy atom. The molecule has 0 aliphatic heterocycles. The van der Waals surface area contributed by atoms with Crippen LogP contribution >= 0.6 is 23.5 Å². The summed E-state index contributed by atoms with van der Waals surface area (Å²) in [4.78, 5) is 7.27. The Hall–Kier alpha value is -6.20. The van der Waals surface area contributed by atoms with E-state index in [1.54, 1.807) is 0 Å². The molecule has 0 unspecified atom stereocenters. The predicted octanol–water partition coefficient (Wildman–Crippen LogP) is 18.1. The second-order valence-electron chi connectivity index (χ2n) is 16.3. The number of nitrogens with zero attached hydrogens (tertiary/aromatic N) is 2. The van der Waals surface area contributed by atoms with Crippen LogP contribution in [-0.2, 0) is 24.3 Å². The molecular formula is C60H58N2S2. The van der Waals surface area contributed by atoms with Crippen LogP contribution in [0.3, 0.4) is 0 Å². The zero-order valence-corrected chi connectivity index (χ0v) is 38.8. The summed E-state index contributed by atoms with van der Waals surface area (Å²) < 4.78 is 0. The molecule has 0 heterocycles. The molecule has 0 spiro atoms. The highest BCUT2D eigenvalue weighted by atomic mass is 32.2. The summed E-state index contributed by atoms with van der Waals surface area (Å²) in [6.45, 7) is 4.51. The monoisotopic (exact) mass is 870 g/mol. The van der Waals surface area contributed by atoms with Crippen molar-refractivity contribution in [2.24, 2.45) is 0 Å². The summed E-state index contributed by atoms with van der Waals surface area (Å²) >= 11 is 3.76. The number of hydrogen-bond donors (Lipinski definition) is 0. The molecule has 0 aliphatic carbocycles. The Bertz CT molecular complexity index is 2470. The molecule has 2 nitrogen and oxygen atoms in total. The highest BCUT2D eigenvalue weighted by molar-refractivity contribution is 7.98. The number of anilines is 6. The minimum absolute atomic E-state index is 0.939. The fourth-order valence-electron chi connectivity index (χ4n) is 7.85. The van der Waals surface area contributed by atoms with Gasteiger partial charge in [-0.15, -0.1) is 23.5 Å². The third-order valence-electron chi connectivity index (χ3n) is 11.4. The van der Waals surface area contributed by atoms with E-state index in [2.05, 4.69) is 242 Å². The predicted molar refractivity (Wildman–Crippen MR) is 280 cm³/mol. The van der Waals surface area contributed by atoms with Crippen molar-refractivity contribution >= 4 is 69.8 Å². The van der Waals surface area contributed by atoms with Gasteiger partial charge in [0.1, 0.15) is 0 Å². The Kier molecular flexibility index (Phi) is 15.9. The second kappa shape index (κ2) is 22.9. The molecule has 0 aromatic heterocycles. The summed E-state index contributed by atoms with van der Waals surface area (Å²) in [5, 5.41) is 0. The minimum atomic E-state index is 0.939. The lowest BCUT2D eigenvalue weighted by Crippen LogP contribution is -2.10. The maximum absolute atomic E-state index is 2.38. The van der Waals surface area contributed by atoms with Crippen molar-refractivity contribution in [2.45, 2.75) is 73.7 Å². The van der Waals surface area contributed by atoms with Crippen LogP contribution in [0.2, 0.25) is 0 Å². The number of hydrogen-bond acceptors (Lipinski definition) is 4. The third kappa shape index (κ3) is 12.3. The van der Waals surface area contributed by atoms with Gasteiger partial charge in [-0.2, -0.15) is 0 Å². The average molecular weight is 871 g/mol. The van der Waals surface area contributed by atoms with Gasteiger partial charge in [0.25, 0.3) is 0 Å². The molecule has 0 N–H and O–H groups in total. The van der Waals surface area contributed by atoms with Crippen LogP contribution in [-0.4, -0.2) is 0 Å². The molecule has 64 heavy (non-hydrogen) atoms. The SMILES string of the molecule is CCCCc1ccc(N(c2ccc(/C=C/c3ccc(N(c4ccc(CCCC)cc4)c4cccc(SCc5ccccc5)c4)cc3)cc2)c2cccc(SCc3ccccc3)c2)cc1. The van der Waals surface area contributed by atoms with E-state index in [1.165, 1.54) is 57.7 Å². The molecule has 4 heteroatoms. The van der Waals surface area contributed by atoms with Gasteiger partial charge in [-0.05, 0) is 144 Å². The van der Waals surface area contributed by atoms with Crippen LogP contribution in [0, 0.1) is 0 Å². The molecule has 8 rings (SSSR count). The number of thioether (sulfide) groups is 2. The molecule has 0 saturated carbocycles. The van der Waals surface area contributed by atoms with E-state index in [-0.39, 0.29) is 0 Å². The molecule has 8 aromatic rings. The van der Waals surface area contributed by atoms with Gasteiger partial charge in [0, 0.05) is 55.4 Å². The van der Waals surface area contributed by atoms with E-state index in [0.717, 1.165) is 69.6 Å². The largest absolute Gasteiger partial charge is 0.310 e. The molecule has 0 bridgehead atoms. The normalized spacial score (nSPS) is 11.2. The van der Waals surface area contributed by atoms with Gasteiger partial charge in [0.2, 0.25) is 0 Å². The summed E-state index contributed by atoms with van der Waals surface area (Å²) in [7, 11) is 0. The first kappa shape index (κ1) is 44.4. The van der Waals surface area contributed by atoms with Crippen LogP contribution in [0.5, 0.6) is 0 Å². The molecule has 0 aliphatic rings. The van der Waals surface area contributed by atoms with Gasteiger partial charge in [-0.3, -0.25) is 0 Å². The van der Waals surface area contributed by atoms with Crippen LogP contribution in [0.1, 0.15) is 72.9 Å². The van der Waals surface area contributed by atoms with Crippen molar-refractivity contribution in [2.75, 3.05) is 9.80 Å². The van der Waals surface area contributed by atoms with Crippen molar-refractivity contribution in [1.82, 2.24) is 0 Å². The first-order valence-electron chi connectivity index (χ1n) is 22.8. The average Bonchev–Trinajstić information content (AvgIpc) is 3.36. The van der Waals surface area contributed by atoms with Crippen LogP contribution in [0.25, 0.3) is 12.2 Å². The summed E-state index contributed by atoms with van der Waals surface area (Å²) in [6.07, 6.45) is 11.5. The van der Waals surface area contributed by atoms with Gasteiger partial charge in [0.05, 0.1) is 0 Å². The Balaban J connectivity index is 1.02. The zero-order valence-electron chi connectivity index (χ0n) is 37.2. The van der Waals surface area contributed by atoms with Gasteiger partial charge in [0.15, 0.2) is 0 Å². The molecule has 320 valence electrons. The van der Waals surface area contributed by atoms with Gasteiger partial charge in [-0.25, -0.2) is 0 Å². The number of aryl methyl sites for hydroxylation is 2. The lowest BCUT2D eigenvalue weighted by atomic mass is 10.1. The van der Waals surface area contributed by atoms with Crippen molar-refractivity contribution in [1.29, 1.82) is 0 Å². The zero-order chi connectivity index (χ0) is 43.8. The van der Waals surface area contributed by atoms with Crippen molar-refractivity contribution < 1.29 is 0 Å². The molecule has 0 amide bonds.